The first-order valence-electron chi connectivity index (χ1n) is 6.84. The van der Waals surface area contributed by atoms with Crippen molar-refractivity contribution in [3.8, 4) is 0 Å². The molecule has 2 heterocycles. The fourth-order valence-electron chi connectivity index (χ4n) is 2.68. The van der Waals surface area contributed by atoms with Crippen molar-refractivity contribution in [3.05, 3.63) is 53.6 Å². The molecule has 1 aliphatic carbocycles. The van der Waals surface area contributed by atoms with E-state index in [-0.39, 0.29) is 23.0 Å². The van der Waals surface area contributed by atoms with Gasteiger partial charge in [0.2, 0.25) is 0 Å². The van der Waals surface area contributed by atoms with Gasteiger partial charge in [0.1, 0.15) is 0 Å². The van der Waals surface area contributed by atoms with E-state index in [1.807, 2.05) is 0 Å². The zero-order chi connectivity index (χ0) is 15.3. The highest BCUT2D eigenvalue weighted by Crippen LogP contribution is 2.47. The monoisotopic (exact) mass is 297 g/mol. The molecule has 1 aromatic carbocycles. The minimum absolute atomic E-state index is 0.00480. The van der Waals surface area contributed by atoms with Gasteiger partial charge in [0.15, 0.2) is 0 Å². The number of nitrogens with zero attached hydrogens (tertiary/aromatic N) is 2. The number of carbonyl (C=O) groups is 3. The van der Waals surface area contributed by atoms with Crippen molar-refractivity contribution in [1.29, 1.82) is 0 Å². The van der Waals surface area contributed by atoms with Crippen molar-refractivity contribution in [2.45, 2.75) is 12.3 Å². The smallest absolute Gasteiger partial charge is 0.336 e. The Balaban J connectivity index is 1.48. The Bertz CT molecular complexity index is 749. The number of rotatable bonds is 3. The summed E-state index contributed by atoms with van der Waals surface area (Å²) in [5.41, 5.74) is 1.35. The number of imidazole rings is 1. The van der Waals surface area contributed by atoms with Crippen molar-refractivity contribution in [2.75, 3.05) is 0 Å². The minimum Gasteiger partial charge on any atom is -0.348 e. The molecule has 0 unspecified atom stereocenters. The molecule has 1 fully saturated rings. The van der Waals surface area contributed by atoms with Crippen LogP contribution in [0.1, 0.15) is 38.7 Å². The summed E-state index contributed by atoms with van der Waals surface area (Å²) >= 11 is 0. The molecule has 0 spiro atoms. The highest BCUT2D eigenvalue weighted by atomic mass is 16.7. The molecule has 1 aromatic heterocycles. The number of aromatic amines is 1. The Morgan fingerprint density at radius 1 is 1.23 bits per heavy atom. The van der Waals surface area contributed by atoms with Gasteiger partial charge in [0, 0.05) is 17.8 Å². The summed E-state index contributed by atoms with van der Waals surface area (Å²) in [7, 11) is 0. The van der Waals surface area contributed by atoms with Crippen LogP contribution in [0.25, 0.3) is 0 Å². The summed E-state index contributed by atoms with van der Waals surface area (Å²) in [6, 6.07) is 6.39. The number of hydroxylamine groups is 2. The van der Waals surface area contributed by atoms with Crippen molar-refractivity contribution < 1.29 is 19.2 Å². The zero-order valence-corrected chi connectivity index (χ0v) is 11.4. The number of aromatic nitrogens is 2. The van der Waals surface area contributed by atoms with Crippen LogP contribution in [0.3, 0.4) is 0 Å². The van der Waals surface area contributed by atoms with Crippen LogP contribution in [-0.2, 0) is 9.63 Å². The van der Waals surface area contributed by atoms with Gasteiger partial charge >= 0.3 is 5.97 Å². The van der Waals surface area contributed by atoms with Crippen LogP contribution in [0.2, 0.25) is 0 Å². The second kappa shape index (κ2) is 4.52. The molecule has 1 N–H and O–H groups in total. The molecule has 1 aliphatic heterocycles. The Morgan fingerprint density at radius 3 is 2.50 bits per heavy atom. The Kier molecular flexibility index (Phi) is 2.62. The normalized spacial score (nSPS) is 22.6. The van der Waals surface area contributed by atoms with Crippen LogP contribution in [0, 0.1) is 5.92 Å². The van der Waals surface area contributed by atoms with Gasteiger partial charge < -0.3 is 9.82 Å². The minimum atomic E-state index is -0.604. The second-order valence-corrected chi connectivity index (χ2v) is 5.32. The van der Waals surface area contributed by atoms with Gasteiger partial charge in [-0.3, -0.25) is 9.59 Å². The molecule has 22 heavy (non-hydrogen) atoms. The average molecular weight is 297 g/mol. The summed E-state index contributed by atoms with van der Waals surface area (Å²) in [4.78, 5) is 48.2. The number of hydrogen-bond donors (Lipinski definition) is 1. The number of benzene rings is 1. The SMILES string of the molecule is O=C(ON1C(=O)c2ccccc2C1=O)[C@@H]1C[C@H]1c1cnc[nH]1. The first kappa shape index (κ1) is 12.8. The number of hydrogen-bond acceptors (Lipinski definition) is 5. The van der Waals surface area contributed by atoms with E-state index in [0.29, 0.717) is 11.5 Å². The Morgan fingerprint density at radius 2 is 1.91 bits per heavy atom. The number of nitrogens with one attached hydrogen (secondary N) is 1. The van der Waals surface area contributed by atoms with E-state index in [0.717, 1.165) is 5.69 Å². The fourth-order valence-corrected chi connectivity index (χ4v) is 2.68. The third-order valence-corrected chi connectivity index (χ3v) is 3.95. The highest BCUT2D eigenvalue weighted by Gasteiger charge is 2.49. The Labute approximate surface area is 124 Å². The lowest BCUT2D eigenvalue weighted by molar-refractivity contribution is -0.170. The number of carbonyl (C=O) groups excluding carboxylic acids is 3. The predicted molar refractivity (Wildman–Crippen MR) is 72.5 cm³/mol. The number of H-pyrrole nitrogens is 1. The van der Waals surface area contributed by atoms with E-state index in [2.05, 4.69) is 9.97 Å². The molecule has 0 radical (unpaired) electrons. The van der Waals surface area contributed by atoms with Gasteiger partial charge in [0.25, 0.3) is 11.8 Å². The number of imide groups is 1. The van der Waals surface area contributed by atoms with Crippen LogP contribution in [0.5, 0.6) is 0 Å². The van der Waals surface area contributed by atoms with E-state index < -0.39 is 17.8 Å². The second-order valence-electron chi connectivity index (χ2n) is 5.32. The summed E-state index contributed by atoms with van der Waals surface area (Å²) in [6.07, 6.45) is 3.81. The number of amides is 2. The van der Waals surface area contributed by atoms with Gasteiger partial charge in [0.05, 0.1) is 23.4 Å². The van der Waals surface area contributed by atoms with Crippen LogP contribution in [-0.4, -0.2) is 32.8 Å². The molecule has 7 heteroatoms. The molecule has 2 atom stereocenters. The summed E-state index contributed by atoms with van der Waals surface area (Å²) in [6.45, 7) is 0. The maximum Gasteiger partial charge on any atom is 0.336 e. The standard InChI is InChI=1S/C15H11N3O4/c19-13-8-3-1-2-4-9(8)14(20)18(13)22-15(21)11-5-10(11)12-6-16-7-17-12/h1-4,6-7,10-11H,5H2,(H,16,17)/t10-,11-/m1/s1. The van der Waals surface area contributed by atoms with Gasteiger partial charge in [-0.1, -0.05) is 17.2 Å². The summed E-state index contributed by atoms with van der Waals surface area (Å²) in [5.74, 6) is -2.13. The molecule has 110 valence electrons. The summed E-state index contributed by atoms with van der Waals surface area (Å²) < 4.78 is 0. The molecule has 2 aromatic rings. The molecule has 4 rings (SSSR count). The predicted octanol–water partition coefficient (Wildman–Crippen LogP) is 1.27. The van der Waals surface area contributed by atoms with E-state index in [9.17, 15) is 14.4 Å². The third kappa shape index (κ3) is 1.82. The van der Waals surface area contributed by atoms with Gasteiger partial charge in [-0.2, -0.15) is 0 Å². The molecular weight excluding hydrogens is 286 g/mol. The first-order valence-corrected chi connectivity index (χ1v) is 6.84. The highest BCUT2D eigenvalue weighted by molar-refractivity contribution is 6.20. The third-order valence-electron chi connectivity index (χ3n) is 3.95. The van der Waals surface area contributed by atoms with Crippen LogP contribution in [0.4, 0.5) is 0 Å². The zero-order valence-electron chi connectivity index (χ0n) is 11.4. The lowest BCUT2D eigenvalue weighted by Crippen LogP contribution is -2.33. The van der Waals surface area contributed by atoms with E-state index in [4.69, 9.17) is 4.84 Å². The number of fused-ring (bicyclic) bond motifs is 1. The first-order chi connectivity index (χ1) is 10.7. The molecule has 0 saturated heterocycles. The Hall–Kier alpha value is -2.96. The van der Waals surface area contributed by atoms with E-state index in [1.165, 1.54) is 12.1 Å². The van der Waals surface area contributed by atoms with Crippen molar-refractivity contribution in [2.24, 2.45) is 5.92 Å². The maximum atomic E-state index is 12.1. The lowest BCUT2D eigenvalue weighted by atomic mass is 10.1. The summed E-state index contributed by atoms with van der Waals surface area (Å²) in [5, 5.41) is 0.551. The van der Waals surface area contributed by atoms with Gasteiger partial charge in [-0.15, -0.1) is 0 Å². The van der Waals surface area contributed by atoms with Crippen LogP contribution < -0.4 is 0 Å². The van der Waals surface area contributed by atoms with E-state index in [1.54, 1.807) is 24.7 Å². The molecule has 7 nitrogen and oxygen atoms in total. The molecule has 0 bridgehead atoms. The van der Waals surface area contributed by atoms with Gasteiger partial charge in [-0.05, 0) is 18.6 Å². The largest absolute Gasteiger partial charge is 0.348 e. The fraction of sp³-hybridized carbons (Fsp3) is 0.200. The van der Waals surface area contributed by atoms with Crippen molar-refractivity contribution in [1.82, 2.24) is 15.0 Å². The van der Waals surface area contributed by atoms with Crippen LogP contribution in [0.15, 0.2) is 36.8 Å². The quantitative estimate of drug-likeness (QED) is 0.861. The van der Waals surface area contributed by atoms with Crippen molar-refractivity contribution >= 4 is 17.8 Å². The topological polar surface area (TPSA) is 92.4 Å². The van der Waals surface area contributed by atoms with Crippen LogP contribution >= 0.6 is 0 Å². The molecule has 2 aliphatic rings. The van der Waals surface area contributed by atoms with Crippen molar-refractivity contribution in [3.63, 3.8) is 0 Å². The molecular formula is C15H11N3O4. The lowest BCUT2D eigenvalue weighted by Gasteiger charge is -2.12. The molecule has 1 saturated carbocycles. The van der Waals surface area contributed by atoms with Gasteiger partial charge in [-0.25, -0.2) is 9.78 Å². The molecule has 2 amide bonds. The van der Waals surface area contributed by atoms with E-state index >= 15 is 0 Å². The maximum absolute atomic E-state index is 12.1. The average Bonchev–Trinajstić information content (AvgIpc) is 3.08.